The smallest absolute Gasteiger partial charge is 0.120 e. The maximum Gasteiger partial charge on any atom is 0.120 e. The van der Waals surface area contributed by atoms with Gasteiger partial charge in [-0.25, -0.2) is 0 Å². The van der Waals surface area contributed by atoms with Gasteiger partial charge in [-0.3, -0.25) is 0 Å². The van der Waals surface area contributed by atoms with E-state index in [1.165, 1.54) is 0 Å². The Morgan fingerprint density at radius 3 is 2.94 bits per heavy atom. The van der Waals surface area contributed by atoms with Gasteiger partial charge in [-0.15, -0.1) is 0 Å². The zero-order valence-electron chi connectivity index (χ0n) is 9.41. The van der Waals surface area contributed by atoms with Crippen LogP contribution in [0.15, 0.2) is 45.5 Å². The second-order valence-corrected chi connectivity index (χ2v) is 5.18. The van der Waals surface area contributed by atoms with Crippen molar-refractivity contribution in [3.8, 4) is 0 Å². The number of furan rings is 1. The molecule has 4 heteroatoms. The van der Waals surface area contributed by atoms with E-state index < -0.39 is 0 Å². The van der Waals surface area contributed by atoms with Gasteiger partial charge >= 0.3 is 0 Å². The average molecular weight is 315 g/mol. The molecule has 1 aromatic carbocycles. The first kappa shape index (κ1) is 12.7. The van der Waals surface area contributed by atoms with Crippen LogP contribution in [0.25, 0.3) is 0 Å². The van der Waals surface area contributed by atoms with Gasteiger partial charge in [0.1, 0.15) is 5.76 Å². The van der Waals surface area contributed by atoms with Crippen molar-refractivity contribution in [1.29, 1.82) is 0 Å². The highest BCUT2D eigenvalue weighted by Crippen LogP contribution is 2.22. The van der Waals surface area contributed by atoms with Gasteiger partial charge in [0, 0.05) is 16.0 Å². The topological polar surface area (TPSA) is 25.2 Å². The highest BCUT2D eigenvalue weighted by atomic mass is 79.9. The Bertz CT molecular complexity index is 484. The van der Waals surface area contributed by atoms with Crippen LogP contribution in [-0.4, -0.2) is 0 Å². The fourth-order valence-corrected chi connectivity index (χ4v) is 2.17. The van der Waals surface area contributed by atoms with Crippen molar-refractivity contribution in [2.24, 2.45) is 0 Å². The van der Waals surface area contributed by atoms with Gasteiger partial charge in [-0.1, -0.05) is 27.5 Å². The van der Waals surface area contributed by atoms with Crippen LogP contribution in [-0.2, 0) is 6.54 Å². The van der Waals surface area contributed by atoms with E-state index in [4.69, 9.17) is 16.0 Å². The summed E-state index contributed by atoms with van der Waals surface area (Å²) in [7, 11) is 0. The Morgan fingerprint density at radius 1 is 1.41 bits per heavy atom. The van der Waals surface area contributed by atoms with E-state index in [0.717, 1.165) is 20.8 Å². The molecule has 1 aromatic heterocycles. The molecular formula is C13H13BrClNO. The number of halogens is 2. The van der Waals surface area contributed by atoms with E-state index in [9.17, 15) is 0 Å². The number of benzene rings is 1. The summed E-state index contributed by atoms with van der Waals surface area (Å²) < 4.78 is 6.36. The first-order valence-corrected chi connectivity index (χ1v) is 6.54. The van der Waals surface area contributed by atoms with Gasteiger partial charge < -0.3 is 9.73 Å². The molecular weight excluding hydrogens is 302 g/mol. The van der Waals surface area contributed by atoms with Gasteiger partial charge in [0.2, 0.25) is 0 Å². The summed E-state index contributed by atoms with van der Waals surface area (Å²) in [6, 6.07) is 9.85. The maximum absolute atomic E-state index is 6.12. The number of rotatable bonds is 4. The summed E-state index contributed by atoms with van der Waals surface area (Å²) in [5.41, 5.74) is 1.07. The van der Waals surface area contributed by atoms with E-state index in [1.807, 2.05) is 30.3 Å². The molecule has 1 heterocycles. The minimum absolute atomic E-state index is 0.167. The van der Waals surface area contributed by atoms with Gasteiger partial charge in [0.25, 0.3) is 0 Å². The van der Waals surface area contributed by atoms with E-state index in [0.29, 0.717) is 6.54 Å². The van der Waals surface area contributed by atoms with Crippen molar-refractivity contribution in [2.75, 3.05) is 0 Å². The number of hydrogen-bond acceptors (Lipinski definition) is 2. The fraction of sp³-hybridized carbons (Fsp3) is 0.231. The van der Waals surface area contributed by atoms with Crippen LogP contribution in [0.5, 0.6) is 0 Å². The molecule has 0 aliphatic rings. The molecule has 90 valence electrons. The summed E-state index contributed by atoms with van der Waals surface area (Å²) in [5, 5.41) is 4.14. The molecule has 0 saturated heterocycles. The maximum atomic E-state index is 6.12. The van der Waals surface area contributed by atoms with Gasteiger partial charge in [-0.05, 0) is 42.8 Å². The van der Waals surface area contributed by atoms with Crippen LogP contribution in [0.1, 0.15) is 24.3 Å². The number of nitrogens with one attached hydrogen (secondary N) is 1. The van der Waals surface area contributed by atoms with Gasteiger partial charge in [-0.2, -0.15) is 0 Å². The SMILES string of the molecule is C[C@@H](NCc1cc(Br)ccc1Cl)c1ccco1. The molecule has 0 amide bonds. The molecule has 1 atom stereocenters. The molecule has 17 heavy (non-hydrogen) atoms. The summed E-state index contributed by atoms with van der Waals surface area (Å²) in [5.74, 6) is 0.927. The molecule has 0 saturated carbocycles. The quantitative estimate of drug-likeness (QED) is 0.896. The largest absolute Gasteiger partial charge is 0.468 e. The minimum atomic E-state index is 0.167. The Morgan fingerprint density at radius 2 is 2.24 bits per heavy atom. The second-order valence-electron chi connectivity index (χ2n) is 3.85. The predicted octanol–water partition coefficient (Wildman–Crippen LogP) is 4.55. The Labute approximate surface area is 114 Å². The monoisotopic (exact) mass is 313 g/mol. The van der Waals surface area contributed by atoms with Crippen LogP contribution in [0.2, 0.25) is 5.02 Å². The van der Waals surface area contributed by atoms with Crippen LogP contribution in [0.3, 0.4) is 0 Å². The minimum Gasteiger partial charge on any atom is -0.468 e. The molecule has 2 rings (SSSR count). The third-order valence-electron chi connectivity index (χ3n) is 2.58. The highest BCUT2D eigenvalue weighted by Gasteiger charge is 2.08. The van der Waals surface area contributed by atoms with Crippen molar-refractivity contribution >= 4 is 27.5 Å². The Hall–Kier alpha value is -0.770. The Kier molecular flexibility index (Phi) is 4.26. The molecule has 2 nitrogen and oxygen atoms in total. The molecule has 0 radical (unpaired) electrons. The van der Waals surface area contributed by atoms with Crippen molar-refractivity contribution in [3.05, 3.63) is 57.4 Å². The van der Waals surface area contributed by atoms with Gasteiger partial charge in [0.15, 0.2) is 0 Å². The summed E-state index contributed by atoms with van der Waals surface area (Å²) in [6.07, 6.45) is 1.68. The lowest BCUT2D eigenvalue weighted by Crippen LogP contribution is -2.17. The van der Waals surface area contributed by atoms with E-state index in [1.54, 1.807) is 6.26 Å². The van der Waals surface area contributed by atoms with E-state index >= 15 is 0 Å². The molecule has 0 bridgehead atoms. The molecule has 0 unspecified atom stereocenters. The first-order valence-electron chi connectivity index (χ1n) is 5.37. The van der Waals surface area contributed by atoms with Crippen LogP contribution >= 0.6 is 27.5 Å². The first-order chi connectivity index (χ1) is 8.16. The van der Waals surface area contributed by atoms with Crippen molar-refractivity contribution in [1.82, 2.24) is 5.32 Å². The summed E-state index contributed by atoms with van der Waals surface area (Å²) >= 11 is 9.56. The van der Waals surface area contributed by atoms with E-state index in [2.05, 4.69) is 28.2 Å². The predicted molar refractivity (Wildman–Crippen MR) is 73.1 cm³/mol. The third kappa shape index (κ3) is 3.35. The lowest BCUT2D eigenvalue weighted by atomic mass is 10.2. The second kappa shape index (κ2) is 5.71. The van der Waals surface area contributed by atoms with E-state index in [-0.39, 0.29) is 6.04 Å². The third-order valence-corrected chi connectivity index (χ3v) is 3.44. The lowest BCUT2D eigenvalue weighted by Gasteiger charge is -2.12. The number of hydrogen-bond donors (Lipinski definition) is 1. The normalized spacial score (nSPS) is 12.6. The molecule has 0 aliphatic carbocycles. The zero-order valence-corrected chi connectivity index (χ0v) is 11.8. The fourth-order valence-electron chi connectivity index (χ4n) is 1.58. The van der Waals surface area contributed by atoms with Crippen molar-refractivity contribution in [3.63, 3.8) is 0 Å². The molecule has 1 N–H and O–H groups in total. The summed E-state index contributed by atoms with van der Waals surface area (Å²) in [6.45, 7) is 2.77. The van der Waals surface area contributed by atoms with Crippen LogP contribution < -0.4 is 5.32 Å². The van der Waals surface area contributed by atoms with Crippen LogP contribution in [0, 0.1) is 0 Å². The highest BCUT2D eigenvalue weighted by molar-refractivity contribution is 9.10. The Balaban J connectivity index is 2.00. The van der Waals surface area contributed by atoms with Crippen molar-refractivity contribution < 1.29 is 4.42 Å². The summed E-state index contributed by atoms with van der Waals surface area (Å²) in [4.78, 5) is 0. The molecule has 0 fully saturated rings. The van der Waals surface area contributed by atoms with Crippen molar-refractivity contribution in [2.45, 2.75) is 19.5 Å². The molecule has 0 spiro atoms. The van der Waals surface area contributed by atoms with Crippen LogP contribution in [0.4, 0.5) is 0 Å². The zero-order chi connectivity index (χ0) is 12.3. The van der Waals surface area contributed by atoms with Gasteiger partial charge in [0.05, 0.1) is 12.3 Å². The standard InChI is InChI=1S/C13H13BrClNO/c1-9(13-3-2-6-17-13)16-8-10-7-11(14)4-5-12(10)15/h2-7,9,16H,8H2,1H3/t9-/m1/s1. The lowest BCUT2D eigenvalue weighted by molar-refractivity contribution is 0.430. The average Bonchev–Trinajstić information content (AvgIpc) is 2.83. The molecule has 2 aromatic rings. The molecule has 0 aliphatic heterocycles.